The van der Waals surface area contributed by atoms with E-state index in [-0.39, 0.29) is 6.03 Å². The molecule has 0 aliphatic carbocycles. The van der Waals surface area contributed by atoms with E-state index in [1.807, 2.05) is 0 Å². The Labute approximate surface area is 57.4 Å². The van der Waals surface area contributed by atoms with Crippen molar-refractivity contribution in [1.82, 2.24) is 15.2 Å². The molecule has 0 atom stereocenters. The van der Waals surface area contributed by atoms with Gasteiger partial charge >= 0.3 is 6.03 Å². The molecule has 0 bridgehead atoms. The summed E-state index contributed by atoms with van der Waals surface area (Å²) in [5.41, 5.74) is 2.71. The molecular weight excluding hydrogens is 138 g/mol. The van der Waals surface area contributed by atoms with Crippen LogP contribution in [0.1, 0.15) is 0 Å². The normalized spacial score (nSPS) is 15.4. The van der Waals surface area contributed by atoms with Crippen LogP contribution in [0.3, 0.4) is 0 Å². The lowest BCUT2D eigenvalue weighted by Gasteiger charge is -2.12. The molecule has 0 radical (unpaired) electrons. The topological polar surface area (TPSA) is 44.4 Å². The molecule has 9 heavy (non-hydrogen) atoms. The largest absolute Gasteiger partial charge is 0.346 e. The number of urea groups is 1. The summed E-state index contributed by atoms with van der Waals surface area (Å²) in [6.07, 6.45) is 1.69. The predicted molar refractivity (Wildman–Crippen MR) is 36.2 cm³/mol. The molecule has 1 heterocycles. The number of rotatable bonds is 0. The van der Waals surface area contributed by atoms with Crippen molar-refractivity contribution in [1.29, 1.82) is 0 Å². The van der Waals surface area contributed by atoms with Crippen molar-refractivity contribution < 1.29 is 4.79 Å². The van der Waals surface area contributed by atoms with E-state index in [1.165, 1.54) is 16.4 Å². The molecule has 0 spiro atoms. The molecule has 0 aromatic carbocycles. The second-order valence-electron chi connectivity index (χ2n) is 1.39. The Morgan fingerprint density at radius 3 is 3.11 bits per heavy atom. The first kappa shape index (κ1) is 6.28. The van der Waals surface area contributed by atoms with Gasteiger partial charge in [0.2, 0.25) is 0 Å². The molecule has 0 unspecified atom stereocenters. The fourth-order valence-electron chi connectivity index (χ4n) is 0.428. The molecule has 1 aliphatic heterocycles. The van der Waals surface area contributed by atoms with Crippen LogP contribution in [0.25, 0.3) is 0 Å². The molecule has 5 heteroatoms. The maximum atomic E-state index is 10.7. The lowest BCUT2D eigenvalue weighted by Crippen LogP contribution is -2.37. The monoisotopic (exact) mass is 145 g/mol. The van der Waals surface area contributed by atoms with Gasteiger partial charge in [0.05, 0.1) is 0 Å². The minimum absolute atomic E-state index is 0.148. The first-order chi connectivity index (χ1) is 4.34. The Bertz CT molecular complexity index is 139. The first-order valence-corrected chi connectivity index (χ1v) is 3.28. The van der Waals surface area contributed by atoms with Crippen LogP contribution in [-0.2, 0) is 0 Å². The van der Waals surface area contributed by atoms with Crippen LogP contribution in [0.5, 0.6) is 0 Å². The summed E-state index contributed by atoms with van der Waals surface area (Å²) in [5, 5.41) is 4.26. The minimum Gasteiger partial charge on any atom is -0.339 e. The van der Waals surface area contributed by atoms with Gasteiger partial charge in [-0.2, -0.15) is 4.41 Å². The van der Waals surface area contributed by atoms with Gasteiger partial charge in [-0.1, -0.05) is 0 Å². The molecule has 50 valence electrons. The molecule has 2 N–H and O–H groups in total. The highest BCUT2D eigenvalue weighted by molar-refractivity contribution is 8.00. The van der Waals surface area contributed by atoms with Crippen LogP contribution in [0, 0.1) is 0 Å². The van der Waals surface area contributed by atoms with Crippen molar-refractivity contribution >= 4 is 18.0 Å². The van der Waals surface area contributed by atoms with Gasteiger partial charge in [-0.15, -0.1) is 0 Å². The van der Waals surface area contributed by atoms with E-state index >= 15 is 0 Å². The number of hydrogen-bond acceptors (Lipinski definition) is 3. The minimum atomic E-state index is -0.148. The molecule has 0 saturated heterocycles. The quantitative estimate of drug-likeness (QED) is 0.481. The zero-order valence-electron chi connectivity index (χ0n) is 4.92. The molecule has 0 aromatic heterocycles. The molecule has 0 aromatic rings. The van der Waals surface area contributed by atoms with E-state index in [9.17, 15) is 4.79 Å². The second kappa shape index (κ2) is 2.63. The summed E-state index contributed by atoms with van der Waals surface area (Å²) in [5.74, 6) is 0. The number of hydrogen-bond donors (Lipinski definition) is 2. The molecule has 0 saturated carbocycles. The smallest absolute Gasteiger partial charge is 0.339 e. The fourth-order valence-corrected chi connectivity index (χ4v) is 0.980. The fraction of sp³-hybridized carbons (Fsp3) is 0.250. The molecule has 1 aliphatic rings. The maximum absolute atomic E-state index is 10.7. The Hall–Kier alpha value is -0.840. The van der Waals surface area contributed by atoms with Crippen LogP contribution in [0.4, 0.5) is 4.79 Å². The highest BCUT2D eigenvalue weighted by atomic mass is 32.2. The van der Waals surface area contributed by atoms with Crippen LogP contribution in [0.2, 0.25) is 0 Å². The van der Waals surface area contributed by atoms with Gasteiger partial charge in [0.1, 0.15) is 0 Å². The number of amides is 2. The zero-order chi connectivity index (χ0) is 6.69. The van der Waals surface area contributed by atoms with E-state index in [2.05, 4.69) is 10.7 Å². The lowest BCUT2D eigenvalue weighted by atomic mass is 11.0. The van der Waals surface area contributed by atoms with E-state index in [0.717, 1.165) is 0 Å². The molecule has 0 fully saturated rings. The molecule has 4 nitrogen and oxygen atoms in total. The van der Waals surface area contributed by atoms with Crippen molar-refractivity contribution in [3.63, 3.8) is 0 Å². The van der Waals surface area contributed by atoms with E-state index in [4.69, 9.17) is 0 Å². The third kappa shape index (κ3) is 1.29. The zero-order valence-corrected chi connectivity index (χ0v) is 5.73. The standard InChI is InChI=1S/C4H7N3OS/c1-5-4(8)7-6-2-3-9-7/h2-3,6H,1H3,(H,5,8). The van der Waals surface area contributed by atoms with Gasteiger partial charge < -0.3 is 5.32 Å². The molecular formula is C4H7N3OS. The van der Waals surface area contributed by atoms with Crippen molar-refractivity contribution in [2.45, 2.75) is 0 Å². The Balaban J connectivity index is 2.36. The first-order valence-electron chi connectivity index (χ1n) is 2.44. The summed E-state index contributed by atoms with van der Waals surface area (Å²) in [4.78, 5) is 10.7. The summed E-state index contributed by atoms with van der Waals surface area (Å²) < 4.78 is 1.39. The number of carbonyl (C=O) groups excluding carboxylic acids is 1. The highest BCUT2D eigenvalue weighted by Crippen LogP contribution is 2.12. The maximum Gasteiger partial charge on any atom is 0.346 e. The average Bonchev–Trinajstić information content (AvgIpc) is 2.37. The van der Waals surface area contributed by atoms with E-state index in [1.54, 1.807) is 18.7 Å². The van der Waals surface area contributed by atoms with Gasteiger partial charge in [-0.25, -0.2) is 4.79 Å². The van der Waals surface area contributed by atoms with Gasteiger partial charge in [0, 0.05) is 30.6 Å². The Kier molecular flexibility index (Phi) is 1.84. The summed E-state index contributed by atoms with van der Waals surface area (Å²) in [7, 11) is 1.59. The highest BCUT2D eigenvalue weighted by Gasteiger charge is 2.11. The lowest BCUT2D eigenvalue weighted by molar-refractivity contribution is 0.223. The number of nitrogens with zero attached hydrogens (tertiary/aromatic N) is 1. The van der Waals surface area contributed by atoms with Crippen molar-refractivity contribution in [3.05, 3.63) is 11.6 Å². The van der Waals surface area contributed by atoms with Crippen molar-refractivity contribution in [3.8, 4) is 0 Å². The predicted octanol–water partition coefficient (Wildman–Crippen LogP) is 0.265. The molecule has 2 amide bonds. The van der Waals surface area contributed by atoms with Crippen LogP contribution in [-0.4, -0.2) is 17.5 Å². The van der Waals surface area contributed by atoms with Crippen LogP contribution >= 0.6 is 11.9 Å². The second-order valence-corrected chi connectivity index (χ2v) is 2.23. The van der Waals surface area contributed by atoms with E-state index < -0.39 is 0 Å². The van der Waals surface area contributed by atoms with Crippen molar-refractivity contribution in [2.75, 3.05) is 7.05 Å². The average molecular weight is 145 g/mol. The third-order valence-corrected chi connectivity index (χ3v) is 1.56. The van der Waals surface area contributed by atoms with Crippen LogP contribution in [0.15, 0.2) is 11.6 Å². The number of nitrogens with one attached hydrogen (secondary N) is 2. The van der Waals surface area contributed by atoms with Crippen molar-refractivity contribution in [2.24, 2.45) is 0 Å². The van der Waals surface area contributed by atoms with Gasteiger partial charge in [-0.3, -0.25) is 5.43 Å². The van der Waals surface area contributed by atoms with Crippen LogP contribution < -0.4 is 10.7 Å². The van der Waals surface area contributed by atoms with E-state index in [0.29, 0.717) is 0 Å². The summed E-state index contributed by atoms with van der Waals surface area (Å²) >= 11 is 1.30. The van der Waals surface area contributed by atoms with Gasteiger partial charge in [0.15, 0.2) is 0 Å². The number of carbonyl (C=O) groups is 1. The van der Waals surface area contributed by atoms with Gasteiger partial charge in [-0.05, 0) is 0 Å². The summed E-state index contributed by atoms with van der Waals surface area (Å²) in [6, 6.07) is -0.148. The Morgan fingerprint density at radius 1 is 1.89 bits per heavy atom. The SMILES string of the molecule is CNC(=O)N1NC=CS1. The summed E-state index contributed by atoms with van der Waals surface area (Å²) in [6.45, 7) is 0. The van der Waals surface area contributed by atoms with Gasteiger partial charge in [0.25, 0.3) is 0 Å². The Morgan fingerprint density at radius 2 is 2.67 bits per heavy atom. The number of hydrazine groups is 1. The molecule has 1 rings (SSSR count). The third-order valence-electron chi connectivity index (χ3n) is 0.824.